The number of nitrogens with zero attached hydrogens (tertiary/aromatic N) is 2. The highest BCUT2D eigenvalue weighted by molar-refractivity contribution is 5.57. The molecule has 0 atom stereocenters. The third-order valence-corrected chi connectivity index (χ3v) is 3.49. The van der Waals surface area contributed by atoms with Crippen molar-refractivity contribution in [3.8, 4) is 0 Å². The zero-order valence-corrected chi connectivity index (χ0v) is 13.7. The van der Waals surface area contributed by atoms with Crippen molar-refractivity contribution in [2.45, 2.75) is 59.0 Å². The lowest BCUT2D eigenvalue weighted by Gasteiger charge is -2.15. The fourth-order valence-electron chi connectivity index (χ4n) is 2.11. The van der Waals surface area contributed by atoms with E-state index < -0.39 is 0 Å². The van der Waals surface area contributed by atoms with Crippen LogP contribution in [0.2, 0.25) is 0 Å². The second-order valence-corrected chi connectivity index (χ2v) is 5.95. The Balaban J connectivity index is 2.04. The van der Waals surface area contributed by atoms with Crippen LogP contribution in [-0.2, 0) is 4.74 Å². The molecule has 0 unspecified atom stereocenters. The van der Waals surface area contributed by atoms with Crippen LogP contribution in [0.3, 0.4) is 0 Å². The Hall–Kier alpha value is -1.36. The number of hydrogen-bond donors (Lipinski definition) is 2. The van der Waals surface area contributed by atoms with Gasteiger partial charge in [0.25, 0.3) is 0 Å². The van der Waals surface area contributed by atoms with Crippen LogP contribution in [-0.4, -0.2) is 35.8 Å². The predicted molar refractivity (Wildman–Crippen MR) is 87.1 cm³/mol. The van der Waals surface area contributed by atoms with E-state index in [9.17, 15) is 0 Å². The molecule has 1 aromatic heterocycles. The Bertz CT molecular complexity index is 458. The lowest BCUT2D eigenvalue weighted by Crippen LogP contribution is -2.16. The first-order valence-corrected chi connectivity index (χ1v) is 8.09. The summed E-state index contributed by atoms with van der Waals surface area (Å²) in [7, 11) is 0. The van der Waals surface area contributed by atoms with Crippen LogP contribution >= 0.6 is 0 Å². The monoisotopic (exact) mass is 292 g/mol. The van der Waals surface area contributed by atoms with Gasteiger partial charge in [0.1, 0.15) is 17.5 Å². The van der Waals surface area contributed by atoms with Crippen LogP contribution in [0.15, 0.2) is 0 Å². The van der Waals surface area contributed by atoms with Gasteiger partial charge in [-0.05, 0) is 40.0 Å². The molecule has 1 aliphatic carbocycles. The third-order valence-electron chi connectivity index (χ3n) is 3.49. The van der Waals surface area contributed by atoms with Gasteiger partial charge in [-0.3, -0.25) is 0 Å². The molecule has 1 saturated carbocycles. The van der Waals surface area contributed by atoms with Gasteiger partial charge in [-0.15, -0.1) is 0 Å². The largest absolute Gasteiger partial charge is 0.377 e. The minimum absolute atomic E-state index is 0.266. The fraction of sp³-hybridized carbons (Fsp3) is 0.750. The number of aromatic nitrogens is 2. The van der Waals surface area contributed by atoms with Gasteiger partial charge >= 0.3 is 0 Å². The molecule has 0 saturated heterocycles. The van der Waals surface area contributed by atoms with E-state index in [1.165, 1.54) is 12.8 Å². The Morgan fingerprint density at radius 1 is 1.14 bits per heavy atom. The van der Waals surface area contributed by atoms with Crippen LogP contribution in [0.4, 0.5) is 11.6 Å². The molecule has 0 aliphatic heterocycles. The van der Waals surface area contributed by atoms with Crippen LogP contribution in [0.25, 0.3) is 0 Å². The lowest BCUT2D eigenvalue weighted by molar-refractivity contribution is 0.0870. The average Bonchev–Trinajstić information content (AvgIpc) is 3.28. The summed E-state index contributed by atoms with van der Waals surface area (Å²) in [6, 6.07) is 0. The number of ether oxygens (including phenoxy) is 1. The molecule has 2 N–H and O–H groups in total. The van der Waals surface area contributed by atoms with Crippen molar-refractivity contribution in [2.24, 2.45) is 0 Å². The van der Waals surface area contributed by atoms with Gasteiger partial charge in [-0.1, -0.05) is 6.92 Å². The lowest BCUT2D eigenvalue weighted by atomic mass is 10.2. The highest BCUT2D eigenvalue weighted by Crippen LogP contribution is 2.39. The standard InChI is InChI=1S/C16H28N4O/c1-5-8-17-14-12(4)15(18-9-10-21-11(2)3)20-16(19-14)13-6-7-13/h11,13H,5-10H2,1-4H3,(H2,17,18,19,20). The zero-order valence-electron chi connectivity index (χ0n) is 13.7. The van der Waals surface area contributed by atoms with Gasteiger partial charge in [-0.25, -0.2) is 9.97 Å². The van der Waals surface area contributed by atoms with Gasteiger partial charge in [0, 0.05) is 24.6 Å². The molecule has 0 bridgehead atoms. The number of nitrogens with one attached hydrogen (secondary N) is 2. The molecule has 118 valence electrons. The van der Waals surface area contributed by atoms with Gasteiger partial charge in [0.05, 0.1) is 12.7 Å². The van der Waals surface area contributed by atoms with Crippen molar-refractivity contribution in [1.29, 1.82) is 0 Å². The Labute approximate surface area is 127 Å². The minimum Gasteiger partial charge on any atom is -0.377 e. The van der Waals surface area contributed by atoms with Crippen molar-refractivity contribution < 1.29 is 4.74 Å². The van der Waals surface area contributed by atoms with Crippen molar-refractivity contribution in [3.63, 3.8) is 0 Å². The first kappa shape index (κ1) is 16.0. The van der Waals surface area contributed by atoms with E-state index in [1.54, 1.807) is 0 Å². The maximum Gasteiger partial charge on any atom is 0.136 e. The second-order valence-electron chi connectivity index (χ2n) is 5.95. The Kier molecular flexibility index (Phi) is 5.79. The molecule has 0 radical (unpaired) electrons. The predicted octanol–water partition coefficient (Wildman–Crippen LogP) is 3.32. The summed E-state index contributed by atoms with van der Waals surface area (Å²) in [6.45, 7) is 10.7. The zero-order chi connectivity index (χ0) is 15.2. The minimum atomic E-state index is 0.266. The van der Waals surface area contributed by atoms with Gasteiger partial charge < -0.3 is 15.4 Å². The highest BCUT2D eigenvalue weighted by atomic mass is 16.5. The summed E-state index contributed by atoms with van der Waals surface area (Å²) in [4.78, 5) is 9.40. The van der Waals surface area contributed by atoms with Gasteiger partial charge in [-0.2, -0.15) is 0 Å². The highest BCUT2D eigenvalue weighted by Gasteiger charge is 2.28. The summed E-state index contributed by atoms with van der Waals surface area (Å²) < 4.78 is 5.57. The Morgan fingerprint density at radius 3 is 2.29 bits per heavy atom. The molecule has 1 aliphatic rings. The molecule has 0 spiro atoms. The molecular formula is C16H28N4O. The molecule has 1 fully saturated rings. The maximum atomic E-state index is 5.57. The van der Waals surface area contributed by atoms with Gasteiger partial charge in [0.15, 0.2) is 0 Å². The number of hydrogen-bond acceptors (Lipinski definition) is 5. The van der Waals surface area contributed by atoms with E-state index in [1.807, 2.05) is 13.8 Å². The molecule has 5 nitrogen and oxygen atoms in total. The average molecular weight is 292 g/mol. The molecular weight excluding hydrogens is 264 g/mol. The summed E-state index contributed by atoms with van der Waals surface area (Å²) in [5.74, 6) is 3.45. The van der Waals surface area contributed by atoms with E-state index in [-0.39, 0.29) is 6.10 Å². The molecule has 0 amide bonds. The molecule has 21 heavy (non-hydrogen) atoms. The van der Waals surface area contributed by atoms with E-state index in [2.05, 4.69) is 24.5 Å². The van der Waals surface area contributed by atoms with Crippen molar-refractivity contribution in [1.82, 2.24) is 9.97 Å². The second kappa shape index (κ2) is 7.59. The van der Waals surface area contributed by atoms with E-state index >= 15 is 0 Å². The van der Waals surface area contributed by atoms with Crippen molar-refractivity contribution in [2.75, 3.05) is 30.3 Å². The smallest absolute Gasteiger partial charge is 0.136 e. The third kappa shape index (κ3) is 4.84. The summed E-state index contributed by atoms with van der Waals surface area (Å²) in [6.07, 6.45) is 3.79. The quantitative estimate of drug-likeness (QED) is 0.684. The molecule has 1 heterocycles. The summed E-state index contributed by atoms with van der Waals surface area (Å²) in [5, 5.41) is 6.80. The van der Waals surface area contributed by atoms with Crippen LogP contribution in [0.1, 0.15) is 57.3 Å². The fourth-order valence-corrected chi connectivity index (χ4v) is 2.11. The molecule has 2 rings (SSSR count). The van der Waals surface area contributed by atoms with Crippen LogP contribution in [0, 0.1) is 6.92 Å². The van der Waals surface area contributed by atoms with Crippen molar-refractivity contribution in [3.05, 3.63) is 11.4 Å². The number of rotatable bonds is 9. The van der Waals surface area contributed by atoms with Crippen LogP contribution < -0.4 is 10.6 Å². The Morgan fingerprint density at radius 2 is 1.76 bits per heavy atom. The van der Waals surface area contributed by atoms with Gasteiger partial charge in [0.2, 0.25) is 0 Å². The maximum absolute atomic E-state index is 5.57. The first-order valence-electron chi connectivity index (χ1n) is 8.09. The summed E-state index contributed by atoms with van der Waals surface area (Å²) >= 11 is 0. The normalized spacial score (nSPS) is 14.5. The summed E-state index contributed by atoms with van der Waals surface area (Å²) in [5.41, 5.74) is 1.09. The molecule has 5 heteroatoms. The topological polar surface area (TPSA) is 59.1 Å². The van der Waals surface area contributed by atoms with E-state index in [0.29, 0.717) is 12.5 Å². The van der Waals surface area contributed by atoms with E-state index in [0.717, 1.165) is 42.5 Å². The molecule has 1 aromatic rings. The SMILES string of the molecule is CCCNc1nc(C2CC2)nc(NCCOC(C)C)c1C. The first-order chi connectivity index (χ1) is 10.1. The van der Waals surface area contributed by atoms with Crippen LogP contribution in [0.5, 0.6) is 0 Å². The van der Waals surface area contributed by atoms with Crippen molar-refractivity contribution >= 4 is 11.6 Å². The number of anilines is 2. The van der Waals surface area contributed by atoms with E-state index in [4.69, 9.17) is 14.7 Å². The molecule has 0 aromatic carbocycles.